The van der Waals surface area contributed by atoms with Crippen LogP contribution in [0, 0.1) is 0 Å². The highest BCUT2D eigenvalue weighted by molar-refractivity contribution is 7.13. The minimum Gasteiger partial charge on any atom is -0.493 e. The summed E-state index contributed by atoms with van der Waals surface area (Å²) in [4.78, 5) is 24.6. The lowest BCUT2D eigenvalue weighted by atomic mass is 10.1. The normalized spacial score (nSPS) is 12.1. The molecular formula is C29H37NO5S. The van der Waals surface area contributed by atoms with Crippen molar-refractivity contribution in [3.63, 3.8) is 0 Å². The zero-order valence-electron chi connectivity index (χ0n) is 21.3. The molecule has 0 saturated carbocycles. The van der Waals surface area contributed by atoms with Gasteiger partial charge in [-0.3, -0.25) is 9.59 Å². The first kappa shape index (κ1) is 29.1. The summed E-state index contributed by atoms with van der Waals surface area (Å²) in [6.07, 6.45) is 4.11. The fourth-order valence-electron chi connectivity index (χ4n) is 3.80. The van der Waals surface area contributed by atoms with Crippen molar-refractivity contribution >= 4 is 23.7 Å². The summed E-state index contributed by atoms with van der Waals surface area (Å²) in [5.41, 5.74) is 2.27. The van der Waals surface area contributed by atoms with Gasteiger partial charge in [0.1, 0.15) is 5.75 Å². The summed E-state index contributed by atoms with van der Waals surface area (Å²) in [6.45, 7) is 6.52. The van der Waals surface area contributed by atoms with E-state index in [1.165, 1.54) is 12.8 Å². The number of nitrogens with zero attached hydrogens (tertiary/aromatic N) is 1. The minimum absolute atomic E-state index is 0.137. The Labute approximate surface area is 218 Å². The molecule has 0 radical (unpaired) electrons. The van der Waals surface area contributed by atoms with Crippen LogP contribution in [0.15, 0.2) is 66.0 Å². The Bertz CT molecular complexity index is 1040. The topological polar surface area (TPSA) is 87.1 Å². The number of hydrogen-bond acceptors (Lipinski definition) is 5. The molecule has 2 unspecified atom stereocenters. The molecule has 1 amide bonds. The third-order valence-corrected chi connectivity index (χ3v) is 6.87. The molecule has 1 heterocycles. The van der Waals surface area contributed by atoms with Crippen LogP contribution in [0.1, 0.15) is 75.0 Å². The smallest absolute Gasteiger partial charge is 0.290 e. The quantitative estimate of drug-likeness (QED) is 0.155. The van der Waals surface area contributed by atoms with Crippen LogP contribution in [0.5, 0.6) is 5.75 Å². The number of aliphatic hydroxyl groups is 1. The zero-order chi connectivity index (χ0) is 26.3. The average molecular weight is 512 g/mol. The number of hydrogen-bond donors (Lipinski definition) is 2. The molecule has 0 aliphatic carbocycles. The number of carboxylic acid groups (broad SMARTS) is 1. The third-order valence-electron chi connectivity index (χ3n) is 5.95. The Balaban J connectivity index is 0.00000145. The van der Waals surface area contributed by atoms with Gasteiger partial charge < -0.3 is 19.8 Å². The zero-order valence-corrected chi connectivity index (χ0v) is 22.1. The molecule has 0 aliphatic heterocycles. The van der Waals surface area contributed by atoms with Crippen LogP contribution in [0.2, 0.25) is 0 Å². The number of aliphatic hydroxyl groups excluding tert-OH is 1. The summed E-state index contributed by atoms with van der Waals surface area (Å²) in [6, 6.07) is 19.0. The Morgan fingerprint density at radius 1 is 1.03 bits per heavy atom. The van der Waals surface area contributed by atoms with E-state index in [1.54, 1.807) is 16.2 Å². The molecule has 7 heteroatoms. The van der Waals surface area contributed by atoms with E-state index < -0.39 is 6.23 Å². The Morgan fingerprint density at radius 3 is 2.33 bits per heavy atom. The number of benzene rings is 2. The molecule has 6 nitrogen and oxygen atoms in total. The van der Waals surface area contributed by atoms with E-state index in [0.717, 1.165) is 29.7 Å². The maximum atomic E-state index is 13.5. The highest BCUT2D eigenvalue weighted by atomic mass is 32.1. The van der Waals surface area contributed by atoms with Crippen molar-refractivity contribution in [3.05, 3.63) is 77.2 Å². The highest BCUT2D eigenvalue weighted by Gasteiger charge is 2.30. The lowest BCUT2D eigenvalue weighted by molar-refractivity contribution is -0.122. The molecule has 194 valence electrons. The van der Waals surface area contributed by atoms with Gasteiger partial charge in [0.05, 0.1) is 6.61 Å². The van der Waals surface area contributed by atoms with E-state index in [0.29, 0.717) is 23.5 Å². The molecular weight excluding hydrogens is 474 g/mol. The predicted molar refractivity (Wildman–Crippen MR) is 145 cm³/mol. The first-order valence-electron chi connectivity index (χ1n) is 12.4. The van der Waals surface area contributed by atoms with Crippen LogP contribution in [0.4, 0.5) is 0 Å². The first-order chi connectivity index (χ1) is 17.5. The van der Waals surface area contributed by atoms with Crippen LogP contribution < -0.4 is 4.74 Å². The van der Waals surface area contributed by atoms with Crippen LogP contribution >= 0.6 is 11.3 Å². The molecule has 0 aliphatic rings. The van der Waals surface area contributed by atoms with Gasteiger partial charge in [0, 0.05) is 22.0 Å². The van der Waals surface area contributed by atoms with Gasteiger partial charge in [0.25, 0.3) is 12.4 Å². The third kappa shape index (κ3) is 8.21. The number of carbonyl (C=O) groups excluding carboxylic acids is 1. The average Bonchev–Trinajstić information content (AvgIpc) is 3.44. The predicted octanol–water partition coefficient (Wildman–Crippen LogP) is 7.01. The van der Waals surface area contributed by atoms with Gasteiger partial charge in [0.15, 0.2) is 6.23 Å². The van der Waals surface area contributed by atoms with Crippen LogP contribution in [-0.4, -0.2) is 40.1 Å². The summed E-state index contributed by atoms with van der Waals surface area (Å²) in [5, 5.41) is 20.3. The molecule has 0 spiro atoms. The van der Waals surface area contributed by atoms with Crippen LogP contribution in [0.25, 0.3) is 10.4 Å². The van der Waals surface area contributed by atoms with E-state index >= 15 is 0 Å². The van der Waals surface area contributed by atoms with Crippen LogP contribution in [-0.2, 0) is 4.79 Å². The molecule has 3 aromatic rings. The van der Waals surface area contributed by atoms with Gasteiger partial charge in [-0.15, -0.1) is 11.3 Å². The van der Waals surface area contributed by atoms with E-state index in [1.807, 2.05) is 73.8 Å². The second-order valence-electron chi connectivity index (χ2n) is 8.45. The monoisotopic (exact) mass is 511 g/mol. The Morgan fingerprint density at radius 2 is 1.72 bits per heavy atom. The van der Waals surface area contributed by atoms with Gasteiger partial charge in [0.2, 0.25) is 0 Å². The minimum atomic E-state index is -1.09. The summed E-state index contributed by atoms with van der Waals surface area (Å²) in [7, 11) is 0. The van der Waals surface area contributed by atoms with E-state index in [2.05, 4.69) is 13.0 Å². The molecule has 2 aromatic carbocycles. The second-order valence-corrected chi connectivity index (χ2v) is 9.40. The number of carbonyl (C=O) groups is 2. The van der Waals surface area contributed by atoms with Gasteiger partial charge in [-0.2, -0.15) is 0 Å². The van der Waals surface area contributed by atoms with Crippen LogP contribution in [0.3, 0.4) is 0 Å². The van der Waals surface area contributed by atoms with Gasteiger partial charge >= 0.3 is 0 Å². The van der Waals surface area contributed by atoms with E-state index in [-0.39, 0.29) is 18.4 Å². The number of unbranched alkanes of at least 4 members (excludes halogenated alkanes) is 3. The fourth-order valence-corrected chi connectivity index (χ4v) is 4.54. The van der Waals surface area contributed by atoms with Crippen molar-refractivity contribution < 1.29 is 24.5 Å². The van der Waals surface area contributed by atoms with Crippen molar-refractivity contribution in [1.29, 1.82) is 0 Å². The molecule has 2 N–H and O–H groups in total. The standard InChI is InChI=1S/C28H35NO3S.CH2O2/c1-4-6-7-10-19-32-25-13-9-8-12-24(25)28(31)29(21(3)5-2)27(30)23-17-15-22(16-18-23)26-14-11-20-33-26;2-1-3/h8-9,11-18,20-21,28,31H,4-7,10,19H2,1-3H3;1H,(H,2,3). The van der Waals surface area contributed by atoms with Crippen molar-refractivity contribution in [3.8, 4) is 16.2 Å². The molecule has 0 bridgehead atoms. The van der Waals surface area contributed by atoms with Crippen molar-refractivity contribution in [2.24, 2.45) is 0 Å². The maximum absolute atomic E-state index is 13.5. The van der Waals surface area contributed by atoms with Crippen molar-refractivity contribution in [2.75, 3.05) is 6.61 Å². The van der Waals surface area contributed by atoms with Gasteiger partial charge in [-0.05, 0) is 55.0 Å². The maximum Gasteiger partial charge on any atom is 0.290 e. The highest BCUT2D eigenvalue weighted by Crippen LogP contribution is 2.32. The van der Waals surface area contributed by atoms with Gasteiger partial charge in [-0.1, -0.05) is 69.5 Å². The molecule has 2 atom stereocenters. The number of thiophene rings is 1. The number of amides is 1. The molecule has 1 aromatic heterocycles. The lowest BCUT2D eigenvalue weighted by Gasteiger charge is -2.34. The molecule has 3 rings (SSSR count). The Hall–Kier alpha value is -3.16. The number of ether oxygens (including phenoxy) is 1. The Kier molecular flexibility index (Phi) is 12.7. The fraction of sp³-hybridized carbons (Fsp3) is 0.379. The summed E-state index contributed by atoms with van der Waals surface area (Å²) < 4.78 is 6.01. The molecule has 36 heavy (non-hydrogen) atoms. The first-order valence-corrected chi connectivity index (χ1v) is 13.3. The van der Waals surface area contributed by atoms with Gasteiger partial charge in [-0.25, -0.2) is 0 Å². The number of rotatable bonds is 12. The largest absolute Gasteiger partial charge is 0.493 e. The van der Waals surface area contributed by atoms with E-state index in [9.17, 15) is 9.90 Å². The lowest BCUT2D eigenvalue weighted by Crippen LogP contribution is -2.41. The molecule has 0 saturated heterocycles. The number of para-hydroxylation sites is 1. The summed E-state index contributed by atoms with van der Waals surface area (Å²) in [5.74, 6) is 0.447. The van der Waals surface area contributed by atoms with Crippen molar-refractivity contribution in [2.45, 2.75) is 65.1 Å². The molecule has 0 fully saturated rings. The second kappa shape index (κ2) is 15.8. The van der Waals surface area contributed by atoms with Crippen molar-refractivity contribution in [1.82, 2.24) is 4.90 Å². The summed E-state index contributed by atoms with van der Waals surface area (Å²) >= 11 is 1.67. The van der Waals surface area contributed by atoms with E-state index in [4.69, 9.17) is 14.6 Å². The SMILES string of the molecule is CCCCCCOc1ccccc1C(O)N(C(=O)c1ccc(-c2cccs2)cc1)C(C)CC.O=CO.